The highest BCUT2D eigenvalue weighted by molar-refractivity contribution is 5.95. The molecule has 102 valence electrons. The summed E-state index contributed by atoms with van der Waals surface area (Å²) < 4.78 is 0. The quantitative estimate of drug-likeness (QED) is 0.778. The molecule has 2 saturated heterocycles. The van der Waals surface area contributed by atoms with Crippen LogP contribution in [0.1, 0.15) is 22.5 Å². The van der Waals surface area contributed by atoms with Crippen LogP contribution in [-0.2, 0) is 0 Å². The van der Waals surface area contributed by atoms with Crippen LogP contribution in [0.25, 0.3) is 0 Å². The fourth-order valence-electron chi connectivity index (χ4n) is 3.20. The predicted octanol–water partition coefficient (Wildman–Crippen LogP) is 0.143. The maximum Gasteiger partial charge on any atom is 0.257 e. The van der Waals surface area contributed by atoms with Gasteiger partial charge < -0.3 is 15.5 Å². The Labute approximate surface area is 112 Å². The SMILES string of the molecule is Cc1nc(N)ncc1C(=O)N1C[C@@H]2CCN(C)[C@@H]2C1. The molecule has 0 aromatic carbocycles. The smallest absolute Gasteiger partial charge is 0.257 e. The molecule has 3 heterocycles. The molecule has 3 rings (SSSR count). The number of nitrogens with zero attached hydrogens (tertiary/aromatic N) is 4. The Hall–Kier alpha value is -1.69. The first-order valence-electron chi connectivity index (χ1n) is 6.65. The molecular formula is C13H19N5O. The molecule has 1 amide bonds. The molecule has 19 heavy (non-hydrogen) atoms. The fraction of sp³-hybridized carbons (Fsp3) is 0.615. The number of hydrogen-bond donors (Lipinski definition) is 1. The molecule has 2 aliphatic rings. The lowest BCUT2D eigenvalue weighted by atomic mass is 10.1. The summed E-state index contributed by atoms with van der Waals surface area (Å²) in [6.07, 6.45) is 2.72. The van der Waals surface area contributed by atoms with Gasteiger partial charge in [-0.3, -0.25) is 4.79 Å². The minimum absolute atomic E-state index is 0.0281. The zero-order chi connectivity index (χ0) is 13.6. The molecule has 0 unspecified atom stereocenters. The Balaban J connectivity index is 1.78. The molecule has 6 heteroatoms. The summed E-state index contributed by atoms with van der Waals surface area (Å²) in [5.74, 6) is 0.858. The number of nitrogen functional groups attached to an aromatic ring is 1. The van der Waals surface area contributed by atoms with Crippen molar-refractivity contribution >= 4 is 11.9 Å². The van der Waals surface area contributed by atoms with Gasteiger partial charge in [-0.15, -0.1) is 0 Å². The zero-order valence-corrected chi connectivity index (χ0v) is 11.3. The van der Waals surface area contributed by atoms with Crippen LogP contribution in [0.3, 0.4) is 0 Å². The Bertz CT molecular complexity index is 518. The van der Waals surface area contributed by atoms with Gasteiger partial charge in [0.05, 0.1) is 11.3 Å². The van der Waals surface area contributed by atoms with E-state index in [0.29, 0.717) is 23.2 Å². The van der Waals surface area contributed by atoms with E-state index in [4.69, 9.17) is 5.73 Å². The lowest BCUT2D eigenvalue weighted by Gasteiger charge is -2.21. The minimum Gasteiger partial charge on any atom is -0.368 e. The normalized spacial score (nSPS) is 26.7. The van der Waals surface area contributed by atoms with Crippen LogP contribution in [0.15, 0.2) is 6.20 Å². The summed E-state index contributed by atoms with van der Waals surface area (Å²) in [6, 6.07) is 0.513. The average molecular weight is 261 g/mol. The number of hydrogen-bond acceptors (Lipinski definition) is 5. The largest absolute Gasteiger partial charge is 0.368 e. The predicted molar refractivity (Wildman–Crippen MR) is 71.6 cm³/mol. The molecule has 2 atom stereocenters. The summed E-state index contributed by atoms with van der Waals surface area (Å²) in [7, 11) is 2.14. The van der Waals surface area contributed by atoms with Gasteiger partial charge in [0, 0.05) is 25.3 Å². The first-order valence-corrected chi connectivity index (χ1v) is 6.65. The number of aromatic nitrogens is 2. The van der Waals surface area contributed by atoms with Crippen molar-refractivity contribution in [1.82, 2.24) is 19.8 Å². The average Bonchev–Trinajstić information content (AvgIpc) is 2.91. The fourth-order valence-corrected chi connectivity index (χ4v) is 3.20. The number of carbonyl (C=O) groups is 1. The summed E-state index contributed by atoms with van der Waals surface area (Å²) in [6.45, 7) is 4.59. The summed E-state index contributed by atoms with van der Waals surface area (Å²) in [5.41, 5.74) is 6.74. The molecule has 2 aliphatic heterocycles. The number of anilines is 1. The van der Waals surface area contributed by atoms with Crippen molar-refractivity contribution in [2.75, 3.05) is 32.4 Å². The summed E-state index contributed by atoms with van der Waals surface area (Å²) >= 11 is 0. The highest BCUT2D eigenvalue weighted by Gasteiger charge is 2.41. The van der Waals surface area contributed by atoms with Crippen LogP contribution >= 0.6 is 0 Å². The molecular weight excluding hydrogens is 242 g/mol. The second kappa shape index (κ2) is 4.45. The van der Waals surface area contributed by atoms with Gasteiger partial charge in [-0.1, -0.05) is 0 Å². The van der Waals surface area contributed by atoms with E-state index >= 15 is 0 Å². The number of rotatable bonds is 1. The van der Waals surface area contributed by atoms with E-state index in [1.54, 1.807) is 6.92 Å². The first-order chi connectivity index (χ1) is 9.06. The zero-order valence-electron chi connectivity index (χ0n) is 11.3. The van der Waals surface area contributed by atoms with Gasteiger partial charge in [-0.25, -0.2) is 9.97 Å². The second-order valence-corrected chi connectivity index (χ2v) is 5.53. The topological polar surface area (TPSA) is 75.3 Å². The van der Waals surface area contributed by atoms with E-state index in [2.05, 4.69) is 21.9 Å². The number of likely N-dealkylation sites (tertiary alicyclic amines) is 2. The van der Waals surface area contributed by atoms with E-state index < -0.39 is 0 Å². The number of likely N-dealkylation sites (N-methyl/N-ethyl adjacent to an activating group) is 1. The number of fused-ring (bicyclic) bond motifs is 1. The molecule has 0 bridgehead atoms. The number of amides is 1. The third-order valence-electron chi connectivity index (χ3n) is 4.34. The molecule has 2 N–H and O–H groups in total. The molecule has 6 nitrogen and oxygen atoms in total. The molecule has 1 aromatic rings. The Morgan fingerprint density at radius 3 is 2.95 bits per heavy atom. The van der Waals surface area contributed by atoms with Crippen LogP contribution in [-0.4, -0.2) is 58.4 Å². The van der Waals surface area contributed by atoms with Gasteiger partial charge in [-0.05, 0) is 32.9 Å². The van der Waals surface area contributed by atoms with Gasteiger partial charge in [-0.2, -0.15) is 0 Å². The van der Waals surface area contributed by atoms with Crippen LogP contribution in [0, 0.1) is 12.8 Å². The summed E-state index contributed by atoms with van der Waals surface area (Å²) in [4.78, 5) is 24.8. The maximum atomic E-state index is 12.5. The van der Waals surface area contributed by atoms with Gasteiger partial charge in [0.25, 0.3) is 5.91 Å². The number of nitrogens with two attached hydrogens (primary N) is 1. The van der Waals surface area contributed by atoms with E-state index in [1.807, 2.05) is 4.90 Å². The first kappa shape index (κ1) is 12.3. The highest BCUT2D eigenvalue weighted by Crippen LogP contribution is 2.31. The van der Waals surface area contributed by atoms with E-state index in [1.165, 1.54) is 12.6 Å². The number of carbonyl (C=O) groups excluding carboxylic acids is 1. The molecule has 0 spiro atoms. The Morgan fingerprint density at radius 2 is 2.26 bits per heavy atom. The van der Waals surface area contributed by atoms with E-state index in [0.717, 1.165) is 19.6 Å². The lowest BCUT2D eigenvalue weighted by molar-refractivity contribution is 0.0773. The van der Waals surface area contributed by atoms with Crippen LogP contribution in [0.5, 0.6) is 0 Å². The maximum absolute atomic E-state index is 12.5. The van der Waals surface area contributed by atoms with Gasteiger partial charge >= 0.3 is 0 Å². The van der Waals surface area contributed by atoms with E-state index in [-0.39, 0.29) is 11.9 Å². The molecule has 0 radical (unpaired) electrons. The Kier molecular flexibility index (Phi) is 2.89. The molecule has 2 fully saturated rings. The minimum atomic E-state index is 0.0281. The third-order valence-corrected chi connectivity index (χ3v) is 4.34. The van der Waals surface area contributed by atoms with Crippen molar-refractivity contribution in [2.45, 2.75) is 19.4 Å². The van der Waals surface area contributed by atoms with Crippen LogP contribution in [0.4, 0.5) is 5.95 Å². The van der Waals surface area contributed by atoms with Crippen LogP contribution < -0.4 is 5.73 Å². The monoisotopic (exact) mass is 261 g/mol. The summed E-state index contributed by atoms with van der Waals surface area (Å²) in [5, 5.41) is 0. The molecule has 0 aliphatic carbocycles. The van der Waals surface area contributed by atoms with E-state index in [9.17, 15) is 4.79 Å². The number of aryl methyl sites for hydroxylation is 1. The second-order valence-electron chi connectivity index (χ2n) is 5.53. The van der Waals surface area contributed by atoms with Crippen molar-refractivity contribution < 1.29 is 4.79 Å². The van der Waals surface area contributed by atoms with Gasteiger partial charge in [0.2, 0.25) is 5.95 Å². The van der Waals surface area contributed by atoms with Crippen molar-refractivity contribution in [3.63, 3.8) is 0 Å². The highest BCUT2D eigenvalue weighted by atomic mass is 16.2. The van der Waals surface area contributed by atoms with Crippen molar-refractivity contribution in [1.29, 1.82) is 0 Å². The Morgan fingerprint density at radius 1 is 1.47 bits per heavy atom. The molecule has 0 saturated carbocycles. The molecule has 1 aromatic heterocycles. The van der Waals surface area contributed by atoms with Crippen molar-refractivity contribution in [3.8, 4) is 0 Å². The van der Waals surface area contributed by atoms with Crippen molar-refractivity contribution in [3.05, 3.63) is 17.5 Å². The van der Waals surface area contributed by atoms with Gasteiger partial charge in [0.1, 0.15) is 0 Å². The van der Waals surface area contributed by atoms with Crippen LogP contribution in [0.2, 0.25) is 0 Å². The lowest BCUT2D eigenvalue weighted by Crippen LogP contribution is -2.35. The standard InChI is InChI=1S/C13H19N5O/c1-8-10(5-15-13(14)16-8)12(19)18-6-9-3-4-17(2)11(9)7-18/h5,9,11H,3-4,6-7H2,1-2H3,(H2,14,15,16)/t9-,11+/m0/s1. The van der Waals surface area contributed by atoms with Gasteiger partial charge in [0.15, 0.2) is 0 Å². The third kappa shape index (κ3) is 2.06. The van der Waals surface area contributed by atoms with Crippen molar-refractivity contribution in [2.24, 2.45) is 5.92 Å².